The molecule has 5 rings (SSSR count). The molecule has 0 aromatic heterocycles. The zero-order valence-electron chi connectivity index (χ0n) is 15.7. The van der Waals surface area contributed by atoms with Crippen LogP contribution in [-0.2, 0) is 0 Å². The number of rotatable bonds is 3. The minimum absolute atomic E-state index is 0.0511. The molecule has 0 saturated carbocycles. The first-order valence-electron chi connectivity index (χ1n) is 9.34. The van der Waals surface area contributed by atoms with Crippen LogP contribution in [0, 0.1) is 0 Å². The average Bonchev–Trinajstić information content (AvgIpc) is 3.20. The number of hydrogen-bond acceptors (Lipinski definition) is 4. The van der Waals surface area contributed by atoms with E-state index >= 15 is 0 Å². The van der Waals surface area contributed by atoms with Gasteiger partial charge in [-0.3, -0.25) is 0 Å². The lowest BCUT2D eigenvalue weighted by atomic mass is 9.96. The maximum absolute atomic E-state index is 6.34. The van der Waals surface area contributed by atoms with Gasteiger partial charge in [0, 0.05) is 27.6 Å². The van der Waals surface area contributed by atoms with Crippen LogP contribution in [0.4, 0.5) is 0 Å². The third-order valence-electron chi connectivity index (χ3n) is 5.33. The minimum atomic E-state index is -0.332. The summed E-state index contributed by atoms with van der Waals surface area (Å²) < 4.78 is 11.6. The second-order valence-corrected chi connectivity index (χ2v) is 7.95. The molecule has 3 aromatic carbocycles. The molecule has 0 unspecified atom stereocenters. The molecule has 2 atom stereocenters. The van der Waals surface area contributed by atoms with E-state index in [1.165, 1.54) is 0 Å². The molecule has 0 spiro atoms. The number of hydrogen-bond donors (Lipinski definition) is 0. The van der Waals surface area contributed by atoms with E-state index in [-0.39, 0.29) is 12.3 Å². The molecule has 2 aliphatic heterocycles. The lowest BCUT2D eigenvalue weighted by molar-refractivity contribution is -0.0190. The van der Waals surface area contributed by atoms with E-state index in [2.05, 4.69) is 0 Å². The lowest BCUT2D eigenvalue weighted by Crippen LogP contribution is -2.33. The molecule has 6 heteroatoms. The van der Waals surface area contributed by atoms with Gasteiger partial charge in [-0.2, -0.15) is 5.10 Å². The van der Waals surface area contributed by atoms with Crippen LogP contribution in [0.25, 0.3) is 0 Å². The van der Waals surface area contributed by atoms with Gasteiger partial charge in [0.1, 0.15) is 11.5 Å². The monoisotopic (exact) mass is 424 g/mol. The van der Waals surface area contributed by atoms with E-state index in [9.17, 15) is 0 Å². The summed E-state index contributed by atoms with van der Waals surface area (Å²) in [6.07, 6.45) is 0.439. The average molecular weight is 425 g/mol. The van der Waals surface area contributed by atoms with Gasteiger partial charge in [-0.25, -0.2) is 5.01 Å². The maximum atomic E-state index is 6.34. The standard InChI is InChI=1S/C23H18Cl2N2O2/c1-28-18-9-4-14(5-10-18)20-13-21-19-12-17(25)8-11-22(19)29-23(27(21)26-20)15-2-6-16(24)7-3-15/h2-12,21,23H,13H2,1H3/t21-,23-/m0/s1. The van der Waals surface area contributed by atoms with Gasteiger partial charge in [0.2, 0.25) is 6.23 Å². The van der Waals surface area contributed by atoms with Crippen molar-refractivity contribution < 1.29 is 9.47 Å². The topological polar surface area (TPSA) is 34.1 Å². The number of fused-ring (bicyclic) bond motifs is 3. The highest BCUT2D eigenvalue weighted by atomic mass is 35.5. The summed E-state index contributed by atoms with van der Waals surface area (Å²) in [5, 5.41) is 8.36. The number of halogens is 2. The fourth-order valence-electron chi connectivity index (χ4n) is 3.86. The van der Waals surface area contributed by atoms with Gasteiger partial charge >= 0.3 is 0 Å². The number of hydrazone groups is 1. The van der Waals surface area contributed by atoms with Gasteiger partial charge in [-0.05, 0) is 60.2 Å². The van der Waals surface area contributed by atoms with Crippen LogP contribution in [0.5, 0.6) is 11.5 Å². The number of benzene rings is 3. The van der Waals surface area contributed by atoms with Gasteiger partial charge in [-0.15, -0.1) is 0 Å². The van der Waals surface area contributed by atoms with Gasteiger partial charge in [-0.1, -0.05) is 35.3 Å². The molecule has 0 fully saturated rings. The molecule has 0 amide bonds. The second-order valence-electron chi connectivity index (χ2n) is 7.08. The van der Waals surface area contributed by atoms with Gasteiger partial charge < -0.3 is 9.47 Å². The Balaban J connectivity index is 1.57. The van der Waals surface area contributed by atoms with Crippen molar-refractivity contribution >= 4 is 28.9 Å². The quantitative estimate of drug-likeness (QED) is 0.498. The van der Waals surface area contributed by atoms with Crippen LogP contribution in [0.3, 0.4) is 0 Å². The van der Waals surface area contributed by atoms with Crippen LogP contribution in [0.2, 0.25) is 10.0 Å². The van der Waals surface area contributed by atoms with Crippen molar-refractivity contribution in [2.45, 2.75) is 18.7 Å². The second kappa shape index (κ2) is 7.29. The molecular formula is C23H18Cl2N2O2. The highest BCUT2D eigenvalue weighted by Crippen LogP contribution is 2.48. The molecule has 3 aromatic rings. The highest BCUT2D eigenvalue weighted by Gasteiger charge is 2.41. The number of methoxy groups -OCH3 is 1. The van der Waals surface area contributed by atoms with E-state index in [0.29, 0.717) is 10.0 Å². The van der Waals surface area contributed by atoms with Crippen molar-refractivity contribution in [1.29, 1.82) is 0 Å². The molecule has 0 N–H and O–H groups in total. The van der Waals surface area contributed by atoms with Gasteiger partial charge in [0.05, 0.1) is 18.9 Å². The van der Waals surface area contributed by atoms with E-state index < -0.39 is 0 Å². The third kappa shape index (κ3) is 3.33. The first-order valence-corrected chi connectivity index (χ1v) is 10.1. The predicted octanol–water partition coefficient (Wildman–Crippen LogP) is 6.24. The Bertz CT molecular complexity index is 1080. The van der Waals surface area contributed by atoms with Crippen molar-refractivity contribution in [1.82, 2.24) is 5.01 Å². The number of nitrogens with zero attached hydrogens (tertiary/aromatic N) is 2. The zero-order valence-corrected chi connectivity index (χ0v) is 17.2. The van der Waals surface area contributed by atoms with Gasteiger partial charge in [0.15, 0.2) is 0 Å². The molecule has 0 saturated heterocycles. The summed E-state index contributed by atoms with van der Waals surface area (Å²) in [5.74, 6) is 1.66. The van der Waals surface area contributed by atoms with Crippen LogP contribution in [0.15, 0.2) is 71.8 Å². The Labute approximate surface area is 179 Å². The third-order valence-corrected chi connectivity index (χ3v) is 5.82. The predicted molar refractivity (Wildman–Crippen MR) is 115 cm³/mol. The highest BCUT2D eigenvalue weighted by molar-refractivity contribution is 6.30. The molecule has 2 aliphatic rings. The fraction of sp³-hybridized carbons (Fsp3) is 0.174. The van der Waals surface area contributed by atoms with Crippen molar-refractivity contribution in [2.75, 3.05) is 7.11 Å². The summed E-state index contributed by atoms with van der Waals surface area (Å²) in [4.78, 5) is 0. The summed E-state index contributed by atoms with van der Waals surface area (Å²) in [6, 6.07) is 21.5. The molecule has 0 aliphatic carbocycles. The molecule has 4 nitrogen and oxygen atoms in total. The summed E-state index contributed by atoms with van der Waals surface area (Å²) in [5.41, 5.74) is 4.13. The molecule has 0 bridgehead atoms. The smallest absolute Gasteiger partial charge is 0.213 e. The summed E-state index contributed by atoms with van der Waals surface area (Å²) >= 11 is 12.4. The van der Waals surface area contributed by atoms with Crippen molar-refractivity contribution in [3.63, 3.8) is 0 Å². The summed E-state index contributed by atoms with van der Waals surface area (Å²) in [6.45, 7) is 0. The van der Waals surface area contributed by atoms with Crippen LogP contribution < -0.4 is 9.47 Å². The molecule has 146 valence electrons. The van der Waals surface area contributed by atoms with Crippen LogP contribution in [0.1, 0.15) is 35.4 Å². The number of ether oxygens (including phenoxy) is 2. The van der Waals surface area contributed by atoms with Crippen LogP contribution >= 0.6 is 23.2 Å². The largest absolute Gasteiger partial charge is 0.497 e. The molecule has 0 radical (unpaired) electrons. The molecule has 29 heavy (non-hydrogen) atoms. The Kier molecular flexibility index (Phi) is 4.61. The van der Waals surface area contributed by atoms with Crippen molar-refractivity contribution in [3.8, 4) is 11.5 Å². The zero-order chi connectivity index (χ0) is 20.0. The normalized spacial score (nSPS) is 19.8. The Hall–Kier alpha value is -2.69. The van der Waals surface area contributed by atoms with E-state index in [1.54, 1.807) is 7.11 Å². The Morgan fingerprint density at radius 2 is 1.69 bits per heavy atom. The lowest BCUT2D eigenvalue weighted by Gasteiger charge is -2.38. The van der Waals surface area contributed by atoms with E-state index in [0.717, 1.165) is 40.3 Å². The van der Waals surface area contributed by atoms with Crippen LogP contribution in [-0.4, -0.2) is 17.8 Å². The first-order chi connectivity index (χ1) is 14.1. The SMILES string of the molecule is COc1ccc(C2=NN3[C@@H](C2)c2cc(Cl)ccc2O[C@H]3c2ccc(Cl)cc2)cc1. The fourth-order valence-corrected chi connectivity index (χ4v) is 4.17. The summed E-state index contributed by atoms with van der Waals surface area (Å²) in [7, 11) is 1.66. The molecule has 2 heterocycles. The molecular weight excluding hydrogens is 407 g/mol. The maximum Gasteiger partial charge on any atom is 0.213 e. The van der Waals surface area contributed by atoms with Crippen molar-refractivity contribution in [3.05, 3.63) is 93.5 Å². The first kappa shape index (κ1) is 18.3. The Morgan fingerprint density at radius 1 is 0.966 bits per heavy atom. The van der Waals surface area contributed by atoms with Crippen molar-refractivity contribution in [2.24, 2.45) is 5.10 Å². The van der Waals surface area contributed by atoms with E-state index in [1.807, 2.05) is 71.7 Å². The Morgan fingerprint density at radius 3 is 2.41 bits per heavy atom. The minimum Gasteiger partial charge on any atom is -0.497 e. The van der Waals surface area contributed by atoms with Gasteiger partial charge in [0.25, 0.3) is 0 Å². The van der Waals surface area contributed by atoms with E-state index in [4.69, 9.17) is 37.8 Å².